The average Bonchev–Trinajstić information content (AvgIpc) is 3.69. The van der Waals surface area contributed by atoms with E-state index in [2.05, 4.69) is 26.6 Å². The summed E-state index contributed by atoms with van der Waals surface area (Å²) < 4.78 is 0. The molecule has 0 saturated carbocycles. The summed E-state index contributed by atoms with van der Waals surface area (Å²) in [6.45, 7) is -1.88. The largest absolute Gasteiger partial charge is 0.508 e. The van der Waals surface area contributed by atoms with Gasteiger partial charge in [0.2, 0.25) is 47.3 Å². The molecule has 1 saturated heterocycles. The number of nitrogens with two attached hydrogens (primary N) is 1. The Balaban J connectivity index is 1.84. The van der Waals surface area contributed by atoms with Gasteiger partial charge in [0.05, 0.1) is 38.7 Å². The van der Waals surface area contributed by atoms with Gasteiger partial charge in [0, 0.05) is 13.0 Å². The molecule has 1 aromatic carbocycles. The molecular formula is C35H49N9O16. The average molecular weight is 852 g/mol. The van der Waals surface area contributed by atoms with E-state index in [1.807, 2.05) is 10.6 Å². The fourth-order valence-electron chi connectivity index (χ4n) is 5.58. The Morgan fingerprint density at radius 1 is 0.733 bits per heavy atom. The number of carboxylic acid groups (broad SMARTS) is 3. The van der Waals surface area contributed by atoms with Crippen molar-refractivity contribution in [1.29, 1.82) is 0 Å². The minimum absolute atomic E-state index is 0.0437. The monoisotopic (exact) mass is 851 g/mol. The molecule has 14 N–H and O–H groups in total. The smallest absolute Gasteiger partial charge is 0.326 e. The van der Waals surface area contributed by atoms with Crippen molar-refractivity contribution in [2.45, 2.75) is 81.7 Å². The summed E-state index contributed by atoms with van der Waals surface area (Å²) in [5, 5.41) is 61.2. The maximum Gasteiger partial charge on any atom is 0.326 e. The van der Waals surface area contributed by atoms with Crippen LogP contribution in [0.4, 0.5) is 0 Å². The van der Waals surface area contributed by atoms with Crippen LogP contribution in [0.25, 0.3) is 0 Å². The molecule has 1 aromatic rings. The van der Waals surface area contributed by atoms with Gasteiger partial charge >= 0.3 is 17.9 Å². The lowest BCUT2D eigenvalue weighted by atomic mass is 10.0. The number of aromatic hydroxyl groups is 1. The van der Waals surface area contributed by atoms with Crippen molar-refractivity contribution in [2.75, 3.05) is 32.8 Å². The molecule has 1 aliphatic heterocycles. The van der Waals surface area contributed by atoms with E-state index in [1.165, 1.54) is 17.0 Å². The molecule has 25 nitrogen and oxygen atoms in total. The fraction of sp³-hybridized carbons (Fsp3) is 0.514. The van der Waals surface area contributed by atoms with Crippen molar-refractivity contribution in [3.8, 4) is 5.75 Å². The lowest BCUT2D eigenvalue weighted by Gasteiger charge is -2.26. The first-order valence-corrected chi connectivity index (χ1v) is 18.3. The van der Waals surface area contributed by atoms with Crippen LogP contribution in [0.3, 0.4) is 0 Å². The first-order chi connectivity index (χ1) is 28.2. The van der Waals surface area contributed by atoms with E-state index in [0.29, 0.717) is 18.4 Å². The number of phenolic OH excluding ortho intramolecular Hbond substituents is 1. The standard InChI is InChI=1S/C35H49N9O16/c1-17(30(54)43-23(16-45)31(55)38-15-27(49)41-21(35(59)60)8-9-28(50)51)40-32(56)22(12-29(52)53)42-26(48)14-37-25(47)13-39-33(57)24-3-2-10-44(24)34(58)20(36)11-18-4-6-19(46)7-5-18/h4-7,17,20-24,45-46H,2-3,8-16,36H2,1H3,(H,37,47)(H,38,55)(H,39,57)(H,40,56)(H,41,49)(H,42,48)(H,43,54)(H,50,51)(H,52,53)(H,59,60)/t17-,20-,21-,22-,23-,24-/m0/s1. The van der Waals surface area contributed by atoms with E-state index >= 15 is 0 Å². The van der Waals surface area contributed by atoms with Crippen LogP contribution in [0.2, 0.25) is 0 Å². The highest BCUT2D eigenvalue weighted by molar-refractivity contribution is 5.97. The molecule has 8 amide bonds. The highest BCUT2D eigenvalue weighted by Gasteiger charge is 2.36. The van der Waals surface area contributed by atoms with Crippen molar-refractivity contribution in [1.82, 2.24) is 42.1 Å². The third-order valence-electron chi connectivity index (χ3n) is 8.72. The Hall–Kier alpha value is -6.89. The predicted octanol–water partition coefficient (Wildman–Crippen LogP) is -6.02. The van der Waals surface area contributed by atoms with Crippen molar-refractivity contribution in [3.63, 3.8) is 0 Å². The summed E-state index contributed by atoms with van der Waals surface area (Å²) in [5.41, 5.74) is 6.79. The molecule has 0 aromatic heterocycles. The maximum absolute atomic E-state index is 13.0. The Labute approximate surface area is 341 Å². The molecule has 1 heterocycles. The number of carbonyl (C=O) groups is 11. The zero-order valence-corrected chi connectivity index (χ0v) is 32.3. The number of hydrogen-bond donors (Lipinski definition) is 13. The summed E-state index contributed by atoms with van der Waals surface area (Å²) in [5.74, 6) is -11.8. The second kappa shape index (κ2) is 24.1. The fourth-order valence-corrected chi connectivity index (χ4v) is 5.58. The van der Waals surface area contributed by atoms with Gasteiger partial charge in [-0.2, -0.15) is 0 Å². The number of rotatable bonds is 24. The number of aliphatic hydroxyl groups excluding tert-OH is 1. The number of carboxylic acids is 3. The Kier molecular flexibility index (Phi) is 19.8. The highest BCUT2D eigenvalue weighted by Crippen LogP contribution is 2.19. The summed E-state index contributed by atoms with van der Waals surface area (Å²) in [6.07, 6.45) is -1.05. The number of aliphatic hydroxyl groups is 1. The van der Waals surface area contributed by atoms with Crippen LogP contribution < -0.4 is 43.0 Å². The van der Waals surface area contributed by atoms with Gasteiger partial charge in [0.1, 0.15) is 36.0 Å². The van der Waals surface area contributed by atoms with Gasteiger partial charge in [-0.1, -0.05) is 12.1 Å². The van der Waals surface area contributed by atoms with Crippen molar-refractivity contribution in [3.05, 3.63) is 29.8 Å². The van der Waals surface area contributed by atoms with Gasteiger partial charge in [-0.25, -0.2) is 4.79 Å². The third-order valence-corrected chi connectivity index (χ3v) is 8.72. The lowest BCUT2D eigenvalue weighted by Crippen LogP contribution is -2.58. The molecule has 1 fully saturated rings. The summed E-state index contributed by atoms with van der Waals surface area (Å²) in [7, 11) is 0. The lowest BCUT2D eigenvalue weighted by molar-refractivity contribution is -0.143. The number of aliphatic carboxylic acids is 3. The van der Waals surface area contributed by atoms with Gasteiger partial charge in [0.15, 0.2) is 0 Å². The Morgan fingerprint density at radius 2 is 1.33 bits per heavy atom. The Bertz CT molecular complexity index is 1780. The SMILES string of the molecule is C[C@H](NC(=O)[C@H](CC(=O)O)NC(=O)CNC(=O)CNC(=O)[C@@H]1CCCN1C(=O)[C@@H](N)Cc1ccc(O)cc1)C(=O)N[C@@H](CO)C(=O)NCC(=O)N[C@@H](CCC(=O)O)C(=O)O. The van der Waals surface area contributed by atoms with E-state index in [-0.39, 0.29) is 18.7 Å². The first kappa shape index (κ1) is 49.3. The topological polar surface area (TPSA) is 402 Å². The molecule has 25 heteroatoms. The van der Waals surface area contributed by atoms with Gasteiger partial charge in [0.25, 0.3) is 0 Å². The molecule has 60 heavy (non-hydrogen) atoms. The molecule has 0 bridgehead atoms. The molecule has 6 atom stereocenters. The third kappa shape index (κ3) is 16.9. The van der Waals surface area contributed by atoms with E-state index in [4.69, 9.17) is 15.9 Å². The van der Waals surface area contributed by atoms with Crippen LogP contribution >= 0.6 is 0 Å². The number of nitrogens with zero attached hydrogens (tertiary/aromatic N) is 1. The molecular weight excluding hydrogens is 802 g/mol. The van der Waals surface area contributed by atoms with Gasteiger partial charge < -0.3 is 73.4 Å². The second-order valence-corrected chi connectivity index (χ2v) is 13.5. The number of nitrogens with one attached hydrogen (secondary N) is 7. The molecule has 0 unspecified atom stereocenters. The van der Waals surface area contributed by atoms with Crippen molar-refractivity contribution in [2.24, 2.45) is 5.73 Å². The maximum atomic E-state index is 13.0. The summed E-state index contributed by atoms with van der Waals surface area (Å²) >= 11 is 0. The zero-order valence-electron chi connectivity index (χ0n) is 32.3. The van der Waals surface area contributed by atoms with E-state index in [1.54, 1.807) is 12.1 Å². The number of phenols is 1. The predicted molar refractivity (Wildman–Crippen MR) is 201 cm³/mol. The normalized spacial score (nSPS) is 15.7. The number of hydrogen-bond acceptors (Lipinski definition) is 14. The number of amides is 8. The van der Waals surface area contributed by atoms with Crippen LogP contribution in [-0.4, -0.2) is 165 Å². The molecule has 0 spiro atoms. The zero-order chi connectivity index (χ0) is 45.1. The minimum Gasteiger partial charge on any atom is -0.508 e. The summed E-state index contributed by atoms with van der Waals surface area (Å²) in [4.78, 5) is 136. The number of carbonyl (C=O) groups excluding carboxylic acids is 8. The molecule has 0 aliphatic carbocycles. The molecule has 2 rings (SSSR count). The Morgan fingerprint density at radius 3 is 1.92 bits per heavy atom. The van der Waals surface area contributed by atoms with Crippen molar-refractivity contribution >= 4 is 65.2 Å². The van der Waals surface area contributed by atoms with Gasteiger partial charge in [-0.05, 0) is 50.3 Å². The van der Waals surface area contributed by atoms with E-state index < -0.39 is 147 Å². The second-order valence-electron chi connectivity index (χ2n) is 13.5. The van der Waals surface area contributed by atoms with Crippen LogP contribution in [-0.2, 0) is 59.2 Å². The highest BCUT2D eigenvalue weighted by atomic mass is 16.4. The number of benzene rings is 1. The van der Waals surface area contributed by atoms with E-state index in [9.17, 15) is 68.1 Å². The van der Waals surface area contributed by atoms with Crippen LogP contribution in [0, 0.1) is 0 Å². The van der Waals surface area contributed by atoms with E-state index in [0.717, 1.165) is 6.92 Å². The van der Waals surface area contributed by atoms with Crippen LogP contribution in [0.5, 0.6) is 5.75 Å². The summed E-state index contributed by atoms with van der Waals surface area (Å²) in [6, 6.07) is -2.36. The van der Waals surface area contributed by atoms with Crippen LogP contribution in [0.15, 0.2) is 24.3 Å². The molecule has 330 valence electrons. The first-order valence-electron chi connectivity index (χ1n) is 18.3. The van der Waals surface area contributed by atoms with Gasteiger partial charge in [-0.15, -0.1) is 0 Å². The minimum atomic E-state index is -1.78. The molecule has 1 aliphatic rings. The van der Waals surface area contributed by atoms with Crippen molar-refractivity contribution < 1.29 is 78.3 Å². The number of likely N-dealkylation sites (tertiary alicyclic amines) is 1. The molecule has 0 radical (unpaired) electrons. The van der Waals surface area contributed by atoms with Gasteiger partial charge in [-0.3, -0.25) is 47.9 Å². The quantitative estimate of drug-likeness (QED) is 0.0460. The van der Waals surface area contributed by atoms with Crippen LogP contribution in [0.1, 0.15) is 44.6 Å².